The van der Waals surface area contributed by atoms with Crippen LogP contribution in [-0.4, -0.2) is 28.6 Å². The first-order valence-corrected chi connectivity index (χ1v) is 6.87. The van der Waals surface area contributed by atoms with Crippen molar-refractivity contribution in [2.75, 3.05) is 4.72 Å². The number of nitrogens with zero attached hydrogens (tertiary/aromatic N) is 4. The maximum Gasteiger partial charge on any atom is 0.277 e. The summed E-state index contributed by atoms with van der Waals surface area (Å²) in [4.78, 5) is 1.95. The quantitative estimate of drug-likeness (QED) is 0.778. The van der Waals surface area contributed by atoms with E-state index in [0.29, 0.717) is 6.54 Å². The summed E-state index contributed by atoms with van der Waals surface area (Å²) < 4.78 is 26.2. The van der Waals surface area contributed by atoms with Crippen LogP contribution in [-0.2, 0) is 23.6 Å². The molecule has 0 saturated heterocycles. The topological polar surface area (TPSA) is 116 Å². The van der Waals surface area contributed by atoms with Crippen LogP contribution in [0.5, 0.6) is 0 Å². The van der Waals surface area contributed by atoms with E-state index in [9.17, 15) is 8.42 Å². The third-order valence-electron chi connectivity index (χ3n) is 1.84. The maximum absolute atomic E-state index is 11.9. The summed E-state index contributed by atoms with van der Waals surface area (Å²) in [6, 6.07) is 3.16. The Balaban J connectivity index is 2.24. The van der Waals surface area contributed by atoms with Crippen LogP contribution < -0.4 is 10.5 Å². The monoisotopic (exact) mass is 274 g/mol. The summed E-state index contributed by atoms with van der Waals surface area (Å²) >= 11 is 1.11. The Morgan fingerprint density at radius 3 is 2.82 bits per heavy atom. The van der Waals surface area contributed by atoms with Crippen LogP contribution in [0.25, 0.3) is 0 Å². The van der Waals surface area contributed by atoms with E-state index in [-0.39, 0.29) is 10.2 Å². The van der Waals surface area contributed by atoms with Crippen LogP contribution in [0.3, 0.4) is 0 Å². The molecule has 0 unspecified atom stereocenters. The summed E-state index contributed by atoms with van der Waals surface area (Å²) in [6.07, 6.45) is 0. The Morgan fingerprint density at radius 2 is 2.29 bits per heavy atom. The molecule has 0 saturated carbocycles. The fourth-order valence-electron chi connectivity index (χ4n) is 1.11. The van der Waals surface area contributed by atoms with Crippen LogP contribution in [0.4, 0.5) is 5.95 Å². The SMILES string of the molecule is Cn1nnc(NS(=O)(=O)c2ccc(CN)s2)n1. The molecule has 0 amide bonds. The van der Waals surface area contributed by atoms with Crippen molar-refractivity contribution >= 4 is 27.3 Å². The van der Waals surface area contributed by atoms with Crippen molar-refractivity contribution in [3.63, 3.8) is 0 Å². The van der Waals surface area contributed by atoms with Crippen molar-refractivity contribution in [2.45, 2.75) is 10.8 Å². The van der Waals surface area contributed by atoms with Gasteiger partial charge >= 0.3 is 0 Å². The molecule has 2 aromatic heterocycles. The molecule has 92 valence electrons. The van der Waals surface area contributed by atoms with Gasteiger partial charge in [0.15, 0.2) is 0 Å². The van der Waals surface area contributed by atoms with E-state index < -0.39 is 10.0 Å². The second-order valence-electron chi connectivity index (χ2n) is 3.13. The highest BCUT2D eigenvalue weighted by Crippen LogP contribution is 2.22. The van der Waals surface area contributed by atoms with Gasteiger partial charge in [-0.2, -0.15) is 4.80 Å². The minimum atomic E-state index is -3.65. The van der Waals surface area contributed by atoms with Gasteiger partial charge in [0.2, 0.25) is 0 Å². The molecule has 0 radical (unpaired) electrons. The number of aryl methyl sites for hydroxylation is 1. The molecular formula is C7H10N6O2S2. The van der Waals surface area contributed by atoms with Crippen molar-refractivity contribution in [1.82, 2.24) is 20.2 Å². The standard InChI is InChI=1S/C7H10N6O2S2/c1-13-10-7(9-12-13)11-17(14,15)6-3-2-5(4-8)16-6/h2-3H,4,8H2,1H3,(H,10,11). The molecule has 17 heavy (non-hydrogen) atoms. The molecule has 2 rings (SSSR count). The summed E-state index contributed by atoms with van der Waals surface area (Å²) in [6.45, 7) is 0.309. The number of hydrogen-bond acceptors (Lipinski definition) is 7. The van der Waals surface area contributed by atoms with Crippen LogP contribution in [0.15, 0.2) is 16.3 Å². The highest BCUT2D eigenvalue weighted by Gasteiger charge is 2.18. The lowest BCUT2D eigenvalue weighted by Crippen LogP contribution is -2.12. The van der Waals surface area contributed by atoms with Gasteiger partial charge in [0.25, 0.3) is 16.0 Å². The first-order valence-electron chi connectivity index (χ1n) is 4.57. The smallest absolute Gasteiger partial charge is 0.277 e. The van der Waals surface area contributed by atoms with Gasteiger partial charge in [-0.3, -0.25) is 0 Å². The predicted octanol–water partition coefficient (Wildman–Crippen LogP) is -0.469. The van der Waals surface area contributed by atoms with Gasteiger partial charge in [-0.1, -0.05) is 5.10 Å². The fraction of sp³-hybridized carbons (Fsp3) is 0.286. The molecule has 0 fully saturated rings. The van der Waals surface area contributed by atoms with E-state index in [1.165, 1.54) is 6.07 Å². The molecule has 0 aliphatic heterocycles. The van der Waals surface area contributed by atoms with Crippen LogP contribution >= 0.6 is 11.3 Å². The number of tetrazole rings is 1. The Kier molecular flexibility index (Phi) is 3.09. The zero-order chi connectivity index (χ0) is 12.5. The Morgan fingerprint density at radius 1 is 1.53 bits per heavy atom. The van der Waals surface area contributed by atoms with E-state index in [1.807, 2.05) is 0 Å². The summed E-state index contributed by atoms with van der Waals surface area (Å²) in [5.41, 5.74) is 5.42. The van der Waals surface area contributed by atoms with Crippen molar-refractivity contribution in [3.8, 4) is 0 Å². The van der Waals surface area contributed by atoms with E-state index in [0.717, 1.165) is 21.0 Å². The number of sulfonamides is 1. The average molecular weight is 274 g/mol. The zero-order valence-electron chi connectivity index (χ0n) is 8.86. The molecule has 0 atom stereocenters. The lowest BCUT2D eigenvalue weighted by atomic mass is 10.5. The molecule has 8 nitrogen and oxygen atoms in total. The highest BCUT2D eigenvalue weighted by atomic mass is 32.2. The number of anilines is 1. The molecule has 0 aliphatic rings. The van der Waals surface area contributed by atoms with E-state index >= 15 is 0 Å². The van der Waals surface area contributed by atoms with E-state index in [1.54, 1.807) is 13.1 Å². The van der Waals surface area contributed by atoms with E-state index in [2.05, 4.69) is 20.1 Å². The number of rotatable bonds is 4. The van der Waals surface area contributed by atoms with Crippen molar-refractivity contribution in [2.24, 2.45) is 12.8 Å². The third kappa shape index (κ3) is 2.60. The molecule has 0 bridgehead atoms. The minimum Gasteiger partial charge on any atom is -0.326 e. The van der Waals surface area contributed by atoms with Gasteiger partial charge < -0.3 is 5.73 Å². The van der Waals surface area contributed by atoms with Crippen LogP contribution in [0, 0.1) is 0 Å². The minimum absolute atomic E-state index is 0.0600. The maximum atomic E-state index is 11.9. The Hall–Kier alpha value is -1.52. The van der Waals surface area contributed by atoms with Crippen molar-refractivity contribution < 1.29 is 8.42 Å². The Bertz CT molecular complexity index is 616. The third-order valence-corrected chi connectivity index (χ3v) is 4.76. The normalized spacial score (nSPS) is 11.6. The number of nitrogens with two attached hydrogens (primary N) is 1. The van der Waals surface area contributed by atoms with Gasteiger partial charge in [0.1, 0.15) is 4.21 Å². The van der Waals surface area contributed by atoms with Gasteiger partial charge in [0, 0.05) is 11.4 Å². The first kappa shape index (κ1) is 12.0. The average Bonchev–Trinajstić information content (AvgIpc) is 2.86. The van der Waals surface area contributed by atoms with Crippen molar-refractivity contribution in [1.29, 1.82) is 0 Å². The molecule has 3 N–H and O–H groups in total. The van der Waals surface area contributed by atoms with Crippen LogP contribution in [0.2, 0.25) is 0 Å². The zero-order valence-corrected chi connectivity index (χ0v) is 10.5. The molecule has 0 aromatic carbocycles. The second-order valence-corrected chi connectivity index (χ2v) is 6.21. The summed E-state index contributed by atoms with van der Waals surface area (Å²) in [5.74, 6) is -0.0600. The lowest BCUT2D eigenvalue weighted by Gasteiger charge is -1.99. The fourth-order valence-corrected chi connectivity index (χ4v) is 3.28. The summed E-state index contributed by atoms with van der Waals surface area (Å²) in [7, 11) is -2.11. The van der Waals surface area contributed by atoms with E-state index in [4.69, 9.17) is 5.73 Å². The molecular weight excluding hydrogens is 264 g/mol. The van der Waals surface area contributed by atoms with Crippen molar-refractivity contribution in [3.05, 3.63) is 17.0 Å². The van der Waals surface area contributed by atoms with Gasteiger partial charge in [-0.05, 0) is 17.3 Å². The number of hydrogen-bond donors (Lipinski definition) is 2. The Labute approximate surface area is 101 Å². The number of nitrogens with one attached hydrogen (secondary N) is 1. The van der Waals surface area contributed by atoms with Gasteiger partial charge in [0.05, 0.1) is 7.05 Å². The summed E-state index contributed by atoms with van der Waals surface area (Å²) in [5, 5.41) is 10.8. The van der Waals surface area contributed by atoms with Gasteiger partial charge in [-0.25, -0.2) is 13.1 Å². The lowest BCUT2D eigenvalue weighted by molar-refractivity contribution is 0.602. The largest absolute Gasteiger partial charge is 0.326 e. The molecule has 0 spiro atoms. The van der Waals surface area contributed by atoms with Gasteiger partial charge in [-0.15, -0.1) is 16.4 Å². The van der Waals surface area contributed by atoms with Crippen LogP contribution in [0.1, 0.15) is 4.88 Å². The number of thiophene rings is 1. The predicted molar refractivity (Wildman–Crippen MR) is 61.8 cm³/mol. The molecule has 10 heteroatoms. The molecule has 0 aliphatic carbocycles. The number of aromatic nitrogens is 4. The molecule has 2 heterocycles. The second kappa shape index (κ2) is 4.39. The first-order chi connectivity index (χ1) is 8.01. The highest BCUT2D eigenvalue weighted by molar-refractivity contribution is 7.94. The molecule has 2 aromatic rings.